The van der Waals surface area contributed by atoms with Gasteiger partial charge in [0, 0.05) is 26.7 Å². The number of hydrogen-bond donors (Lipinski definition) is 1. The van der Waals surface area contributed by atoms with Crippen molar-refractivity contribution < 1.29 is 27.9 Å². The first kappa shape index (κ1) is 20.3. The van der Waals surface area contributed by atoms with E-state index in [0.717, 1.165) is 9.87 Å². The highest BCUT2D eigenvalue weighted by atomic mass is 32.2. The highest BCUT2D eigenvalue weighted by molar-refractivity contribution is 7.89. The summed E-state index contributed by atoms with van der Waals surface area (Å²) < 4.78 is 31.6. The van der Waals surface area contributed by atoms with Crippen molar-refractivity contribution in [2.75, 3.05) is 33.4 Å². The van der Waals surface area contributed by atoms with Crippen LogP contribution in [0.15, 0.2) is 29.2 Å². The van der Waals surface area contributed by atoms with Crippen molar-refractivity contribution in [3.8, 4) is 0 Å². The average molecular weight is 384 g/mol. The fourth-order valence-electron chi connectivity index (χ4n) is 2.86. The molecular formula is C17H24N2O6S. The molecule has 26 heavy (non-hydrogen) atoms. The molecule has 1 N–H and O–H groups in total. The SMILES string of the molecule is COCC(=O)N1CCN(S(=O)(=O)c2ccc(C(C)C)cc2)C(C(=O)O)C1. The van der Waals surface area contributed by atoms with Crippen LogP contribution in [0.1, 0.15) is 25.3 Å². The molecule has 9 heteroatoms. The van der Waals surface area contributed by atoms with Gasteiger partial charge in [0.15, 0.2) is 0 Å². The lowest BCUT2D eigenvalue weighted by molar-refractivity contribution is -0.146. The average Bonchev–Trinajstić information content (AvgIpc) is 2.61. The Morgan fingerprint density at radius 2 is 1.85 bits per heavy atom. The smallest absolute Gasteiger partial charge is 0.323 e. The Morgan fingerprint density at radius 1 is 1.23 bits per heavy atom. The Morgan fingerprint density at radius 3 is 2.35 bits per heavy atom. The topological polar surface area (TPSA) is 104 Å². The number of carboxylic acid groups (broad SMARTS) is 1. The van der Waals surface area contributed by atoms with E-state index in [1.807, 2.05) is 13.8 Å². The molecule has 1 aliphatic rings. The van der Waals surface area contributed by atoms with Crippen LogP contribution in [-0.2, 0) is 24.3 Å². The van der Waals surface area contributed by atoms with Gasteiger partial charge in [0.1, 0.15) is 12.6 Å². The van der Waals surface area contributed by atoms with Gasteiger partial charge < -0.3 is 14.7 Å². The van der Waals surface area contributed by atoms with E-state index in [1.54, 1.807) is 12.1 Å². The molecule has 0 spiro atoms. The maximum absolute atomic E-state index is 12.9. The van der Waals surface area contributed by atoms with Crippen LogP contribution >= 0.6 is 0 Å². The lowest BCUT2D eigenvalue weighted by atomic mass is 10.0. The molecular weight excluding hydrogens is 360 g/mol. The van der Waals surface area contributed by atoms with Crippen LogP contribution in [-0.4, -0.2) is 74.0 Å². The summed E-state index contributed by atoms with van der Waals surface area (Å²) in [6.45, 7) is 3.66. The highest BCUT2D eigenvalue weighted by Gasteiger charge is 2.41. The summed E-state index contributed by atoms with van der Waals surface area (Å²) in [7, 11) is -2.61. The monoisotopic (exact) mass is 384 g/mol. The lowest BCUT2D eigenvalue weighted by Crippen LogP contribution is -2.59. The third-order valence-corrected chi connectivity index (χ3v) is 6.31. The van der Waals surface area contributed by atoms with Crippen LogP contribution in [0.5, 0.6) is 0 Å². The van der Waals surface area contributed by atoms with Gasteiger partial charge in [0.2, 0.25) is 15.9 Å². The number of piperazine rings is 1. The largest absolute Gasteiger partial charge is 0.480 e. The van der Waals surface area contributed by atoms with E-state index in [-0.39, 0.29) is 43.0 Å². The van der Waals surface area contributed by atoms with E-state index in [1.165, 1.54) is 24.1 Å². The molecule has 144 valence electrons. The Hall–Kier alpha value is -1.97. The molecule has 1 saturated heterocycles. The predicted molar refractivity (Wildman–Crippen MR) is 94.3 cm³/mol. The summed E-state index contributed by atoms with van der Waals surface area (Å²) >= 11 is 0. The minimum Gasteiger partial charge on any atom is -0.480 e. The van der Waals surface area contributed by atoms with E-state index in [9.17, 15) is 23.1 Å². The summed E-state index contributed by atoms with van der Waals surface area (Å²) in [4.78, 5) is 24.9. The number of carboxylic acids is 1. The van der Waals surface area contributed by atoms with Crippen molar-refractivity contribution >= 4 is 21.9 Å². The molecule has 2 rings (SSSR count). The Kier molecular flexibility index (Phi) is 6.38. The molecule has 0 radical (unpaired) electrons. The van der Waals surface area contributed by atoms with Crippen LogP contribution in [0.4, 0.5) is 0 Å². The Bertz CT molecular complexity index is 760. The molecule has 0 saturated carbocycles. The molecule has 1 unspecified atom stereocenters. The zero-order valence-corrected chi connectivity index (χ0v) is 15.9. The first-order chi connectivity index (χ1) is 12.2. The van der Waals surface area contributed by atoms with E-state index in [0.29, 0.717) is 0 Å². The normalized spacial score (nSPS) is 18.9. The second-order valence-corrected chi connectivity index (χ2v) is 8.36. The van der Waals surface area contributed by atoms with Gasteiger partial charge >= 0.3 is 5.97 Å². The molecule has 0 aromatic heterocycles. The van der Waals surface area contributed by atoms with Crippen LogP contribution in [0.25, 0.3) is 0 Å². The predicted octanol–water partition coefficient (Wildman–Crippen LogP) is 0.743. The molecule has 1 heterocycles. The first-order valence-electron chi connectivity index (χ1n) is 8.29. The number of methoxy groups -OCH3 is 1. The third-order valence-electron chi connectivity index (χ3n) is 4.39. The maximum Gasteiger partial charge on any atom is 0.323 e. The second-order valence-electron chi connectivity index (χ2n) is 6.47. The summed E-state index contributed by atoms with van der Waals surface area (Å²) in [5, 5.41) is 9.49. The van der Waals surface area contributed by atoms with Gasteiger partial charge in [0.05, 0.1) is 4.90 Å². The molecule has 0 bridgehead atoms. The van der Waals surface area contributed by atoms with Crippen molar-refractivity contribution in [2.45, 2.75) is 30.7 Å². The van der Waals surface area contributed by atoms with Crippen molar-refractivity contribution in [3.63, 3.8) is 0 Å². The Balaban J connectivity index is 2.27. The number of ether oxygens (including phenoxy) is 1. The van der Waals surface area contributed by atoms with Gasteiger partial charge in [-0.15, -0.1) is 0 Å². The number of hydrogen-bond acceptors (Lipinski definition) is 5. The third kappa shape index (κ3) is 4.22. The fourth-order valence-corrected chi connectivity index (χ4v) is 4.42. The second kappa shape index (κ2) is 8.15. The van der Waals surface area contributed by atoms with Gasteiger partial charge in [-0.1, -0.05) is 26.0 Å². The molecule has 0 aliphatic carbocycles. The van der Waals surface area contributed by atoms with Gasteiger partial charge in [-0.25, -0.2) is 8.42 Å². The van der Waals surface area contributed by atoms with Crippen molar-refractivity contribution in [2.24, 2.45) is 0 Å². The first-order valence-corrected chi connectivity index (χ1v) is 9.73. The van der Waals surface area contributed by atoms with Crippen molar-refractivity contribution in [1.29, 1.82) is 0 Å². The van der Waals surface area contributed by atoms with Crippen LogP contribution in [0.2, 0.25) is 0 Å². The number of carbonyl (C=O) groups is 2. The number of nitrogens with zero attached hydrogens (tertiary/aromatic N) is 2. The van der Waals surface area contributed by atoms with Crippen molar-refractivity contribution in [1.82, 2.24) is 9.21 Å². The number of aliphatic carboxylic acids is 1. The Labute approximate surface area is 153 Å². The summed E-state index contributed by atoms with van der Waals surface area (Å²) in [5.41, 5.74) is 0.994. The van der Waals surface area contributed by atoms with Crippen LogP contribution in [0, 0.1) is 0 Å². The number of rotatable bonds is 6. The number of amides is 1. The molecule has 1 atom stereocenters. The standard InChI is InChI=1S/C17H24N2O6S/c1-12(2)13-4-6-14(7-5-13)26(23,24)19-9-8-18(16(20)11-25-3)10-15(19)17(21)22/h4-7,12,15H,8-11H2,1-3H3,(H,21,22). The quantitative estimate of drug-likeness (QED) is 0.776. The van der Waals surface area contributed by atoms with Gasteiger partial charge in [-0.3, -0.25) is 9.59 Å². The summed E-state index contributed by atoms with van der Waals surface area (Å²) in [6, 6.07) is 5.11. The molecule has 1 aromatic rings. The number of carbonyl (C=O) groups excluding carboxylic acids is 1. The molecule has 1 fully saturated rings. The number of benzene rings is 1. The van der Waals surface area contributed by atoms with Crippen molar-refractivity contribution in [3.05, 3.63) is 29.8 Å². The molecule has 1 amide bonds. The van der Waals surface area contributed by atoms with Gasteiger partial charge in [-0.2, -0.15) is 4.31 Å². The summed E-state index contributed by atoms with van der Waals surface area (Å²) in [5.74, 6) is -1.40. The highest BCUT2D eigenvalue weighted by Crippen LogP contribution is 2.24. The maximum atomic E-state index is 12.9. The minimum atomic E-state index is -3.98. The molecule has 1 aromatic carbocycles. The summed E-state index contributed by atoms with van der Waals surface area (Å²) in [6.07, 6.45) is 0. The number of sulfonamides is 1. The van der Waals surface area contributed by atoms with Gasteiger partial charge in [-0.05, 0) is 23.6 Å². The zero-order valence-electron chi connectivity index (χ0n) is 15.1. The van der Waals surface area contributed by atoms with Gasteiger partial charge in [0.25, 0.3) is 0 Å². The molecule has 8 nitrogen and oxygen atoms in total. The zero-order chi connectivity index (χ0) is 19.5. The van der Waals surface area contributed by atoms with Crippen LogP contribution < -0.4 is 0 Å². The van der Waals surface area contributed by atoms with Crippen LogP contribution in [0.3, 0.4) is 0 Å². The van der Waals surface area contributed by atoms with E-state index >= 15 is 0 Å². The minimum absolute atomic E-state index is 0.0461. The van der Waals surface area contributed by atoms with E-state index in [2.05, 4.69) is 0 Å². The lowest BCUT2D eigenvalue weighted by Gasteiger charge is -2.38. The fraction of sp³-hybridized carbons (Fsp3) is 0.529. The molecule has 1 aliphatic heterocycles. The van der Waals surface area contributed by atoms with E-state index in [4.69, 9.17) is 4.74 Å². The van der Waals surface area contributed by atoms with E-state index < -0.39 is 22.0 Å².